The molecule has 1 aromatic carbocycles. The van der Waals surface area contributed by atoms with E-state index < -0.39 is 5.97 Å². The largest absolute Gasteiger partial charge is 0.477 e. The lowest BCUT2D eigenvalue weighted by Gasteiger charge is -2.34. The maximum Gasteiger partial charge on any atom is 0.348 e. The van der Waals surface area contributed by atoms with Crippen molar-refractivity contribution in [3.8, 4) is 21.7 Å². The smallest absolute Gasteiger partial charge is 0.348 e. The number of imidazole rings is 1. The molecule has 1 amide bonds. The molecule has 0 spiro atoms. The average Bonchev–Trinajstić information content (AvgIpc) is 3.62. The Morgan fingerprint density at radius 2 is 1.75 bits per heavy atom. The first-order valence-electron chi connectivity index (χ1n) is 14.3. The van der Waals surface area contributed by atoms with Gasteiger partial charge in [-0.2, -0.15) is 0 Å². The van der Waals surface area contributed by atoms with Gasteiger partial charge in [-0.15, -0.1) is 11.3 Å². The van der Waals surface area contributed by atoms with Crippen LogP contribution >= 0.6 is 11.3 Å². The minimum atomic E-state index is -0.991. The fourth-order valence-corrected chi connectivity index (χ4v) is 6.98. The molecule has 1 N–H and O–H groups in total. The molecule has 6 rings (SSSR count). The van der Waals surface area contributed by atoms with Gasteiger partial charge in [-0.3, -0.25) is 4.79 Å². The van der Waals surface area contributed by atoms with Crippen molar-refractivity contribution in [2.24, 2.45) is 17.8 Å². The number of carboxylic acids is 1. The number of amides is 1. The third kappa shape index (κ3) is 5.56. The van der Waals surface area contributed by atoms with Gasteiger partial charge in [-0.1, -0.05) is 37.3 Å². The number of aromatic carboxylic acids is 1. The quantitative estimate of drug-likeness (QED) is 0.264. The molecule has 7 nitrogen and oxygen atoms in total. The van der Waals surface area contributed by atoms with E-state index >= 15 is 0 Å². The van der Waals surface area contributed by atoms with Crippen LogP contribution in [-0.4, -0.2) is 46.1 Å². The Morgan fingerprint density at radius 3 is 2.45 bits per heavy atom. The van der Waals surface area contributed by atoms with Gasteiger partial charge in [0.25, 0.3) is 0 Å². The van der Waals surface area contributed by atoms with Crippen LogP contribution in [0.2, 0.25) is 0 Å². The topological polar surface area (TPSA) is 84.1 Å². The van der Waals surface area contributed by atoms with E-state index in [9.17, 15) is 14.7 Å². The van der Waals surface area contributed by atoms with Crippen molar-refractivity contribution in [3.05, 3.63) is 65.8 Å². The second-order valence-electron chi connectivity index (χ2n) is 11.3. The molecule has 40 heavy (non-hydrogen) atoms. The number of ether oxygens (including phenoxy) is 1. The van der Waals surface area contributed by atoms with E-state index in [1.807, 2.05) is 70.2 Å². The molecule has 4 aromatic rings. The highest BCUT2D eigenvalue weighted by Crippen LogP contribution is 2.40. The minimum absolute atomic E-state index is 0.0502. The average molecular weight is 558 g/mol. The summed E-state index contributed by atoms with van der Waals surface area (Å²) in [4.78, 5) is 34.0. The molecular formula is C32H35N3O4S. The van der Waals surface area contributed by atoms with E-state index in [1.54, 1.807) is 0 Å². The normalized spacial score (nSPS) is 20.0. The first-order valence-corrected chi connectivity index (χ1v) is 15.1. The minimum Gasteiger partial charge on any atom is -0.477 e. The molecule has 0 radical (unpaired) electrons. The number of aromatic nitrogens is 2. The van der Waals surface area contributed by atoms with E-state index in [0.29, 0.717) is 37.3 Å². The Balaban J connectivity index is 1.31. The third-order valence-corrected chi connectivity index (χ3v) is 9.60. The first kappa shape index (κ1) is 26.7. The standard InChI is InChI=1S/C32H35N3O4S/c1-21-5-7-25(8-6-21)31(36)35(19-22-13-16-39-17-14-22)27-18-28(40-30(27)32(37)38)24-11-9-23(10-12-24)26-20-34-15-3-2-4-29(34)33-26/h2-4,9-12,15,18,20-22,25H,5-8,13-14,16-17,19H2,1H3,(H,37,38)/t21-,25-. The molecule has 0 unspecified atom stereocenters. The van der Waals surface area contributed by atoms with Crippen molar-refractivity contribution in [1.82, 2.24) is 9.38 Å². The lowest BCUT2D eigenvalue weighted by atomic mass is 9.82. The van der Waals surface area contributed by atoms with E-state index in [4.69, 9.17) is 9.72 Å². The summed E-state index contributed by atoms with van der Waals surface area (Å²) in [6, 6.07) is 15.9. The van der Waals surface area contributed by atoms with Crippen LogP contribution in [0.3, 0.4) is 0 Å². The maximum atomic E-state index is 14.0. The fraction of sp³-hybridized carbons (Fsp3) is 0.406. The molecule has 1 saturated carbocycles. The summed E-state index contributed by atoms with van der Waals surface area (Å²) in [6.45, 7) is 4.16. The van der Waals surface area contributed by atoms with Gasteiger partial charge >= 0.3 is 5.97 Å². The van der Waals surface area contributed by atoms with Crippen LogP contribution < -0.4 is 4.90 Å². The number of hydrogen-bond acceptors (Lipinski definition) is 5. The number of carbonyl (C=O) groups is 2. The Morgan fingerprint density at radius 1 is 1.02 bits per heavy atom. The van der Waals surface area contributed by atoms with E-state index in [2.05, 4.69) is 6.92 Å². The summed E-state index contributed by atoms with van der Waals surface area (Å²) in [5.74, 6) is -0.0263. The predicted octanol–water partition coefficient (Wildman–Crippen LogP) is 7.01. The van der Waals surface area contributed by atoms with Crippen molar-refractivity contribution in [2.45, 2.75) is 45.4 Å². The molecule has 0 bridgehead atoms. The van der Waals surface area contributed by atoms with Gasteiger partial charge in [0, 0.05) is 48.5 Å². The zero-order valence-electron chi connectivity index (χ0n) is 22.8. The van der Waals surface area contributed by atoms with Crippen LogP contribution in [0.1, 0.15) is 55.1 Å². The Kier molecular flexibility index (Phi) is 7.71. The number of rotatable bonds is 7. The number of carboxylic acid groups (broad SMARTS) is 1. The van der Waals surface area contributed by atoms with E-state index in [1.165, 1.54) is 11.3 Å². The van der Waals surface area contributed by atoms with Gasteiger partial charge in [-0.25, -0.2) is 9.78 Å². The van der Waals surface area contributed by atoms with Gasteiger partial charge in [-0.05, 0) is 74.1 Å². The van der Waals surface area contributed by atoms with Gasteiger partial charge in [0.1, 0.15) is 10.5 Å². The Labute approximate surface area is 238 Å². The summed E-state index contributed by atoms with van der Waals surface area (Å²) in [6.07, 6.45) is 9.57. The zero-order chi connectivity index (χ0) is 27.6. The molecule has 8 heteroatoms. The van der Waals surface area contributed by atoms with Gasteiger partial charge in [0.15, 0.2) is 0 Å². The SMILES string of the molecule is C[C@H]1CC[C@H](C(=O)N(CC2CCOCC2)c2cc(-c3ccc(-c4cn5ccccc5n4)cc3)sc2C(=O)O)CC1. The molecule has 3 aromatic heterocycles. The number of benzene rings is 1. The molecule has 2 fully saturated rings. The number of pyridine rings is 1. The summed E-state index contributed by atoms with van der Waals surface area (Å²) in [7, 11) is 0. The predicted molar refractivity (Wildman–Crippen MR) is 158 cm³/mol. The van der Waals surface area contributed by atoms with Crippen LogP contribution in [0.5, 0.6) is 0 Å². The highest BCUT2D eigenvalue weighted by Gasteiger charge is 2.33. The lowest BCUT2D eigenvalue weighted by molar-refractivity contribution is -0.123. The lowest BCUT2D eigenvalue weighted by Crippen LogP contribution is -2.42. The fourth-order valence-electron chi connectivity index (χ4n) is 5.98. The summed E-state index contributed by atoms with van der Waals surface area (Å²) >= 11 is 1.24. The van der Waals surface area contributed by atoms with Crippen LogP contribution in [0.15, 0.2) is 60.9 Å². The van der Waals surface area contributed by atoms with Crippen molar-refractivity contribution in [1.29, 1.82) is 0 Å². The van der Waals surface area contributed by atoms with Crippen molar-refractivity contribution >= 4 is 34.5 Å². The highest BCUT2D eigenvalue weighted by molar-refractivity contribution is 7.18. The molecule has 1 aliphatic carbocycles. The van der Waals surface area contributed by atoms with Crippen LogP contribution in [0.4, 0.5) is 5.69 Å². The number of anilines is 1. The summed E-state index contributed by atoms with van der Waals surface area (Å²) < 4.78 is 7.55. The molecule has 0 atom stereocenters. The second kappa shape index (κ2) is 11.6. The summed E-state index contributed by atoms with van der Waals surface area (Å²) in [5.41, 5.74) is 4.22. The second-order valence-corrected chi connectivity index (χ2v) is 12.3. The zero-order valence-corrected chi connectivity index (χ0v) is 23.6. The number of thiophene rings is 1. The van der Waals surface area contributed by atoms with Crippen molar-refractivity contribution in [3.63, 3.8) is 0 Å². The number of nitrogens with zero attached hydrogens (tertiary/aromatic N) is 3. The van der Waals surface area contributed by atoms with Crippen LogP contribution in [0, 0.1) is 17.8 Å². The molecule has 208 valence electrons. The Hall–Kier alpha value is -3.49. The van der Waals surface area contributed by atoms with Gasteiger partial charge < -0.3 is 19.1 Å². The monoisotopic (exact) mass is 557 g/mol. The number of carbonyl (C=O) groups excluding carboxylic acids is 1. The molecule has 1 saturated heterocycles. The van der Waals surface area contributed by atoms with Crippen LogP contribution in [-0.2, 0) is 9.53 Å². The van der Waals surface area contributed by atoms with E-state index in [-0.39, 0.29) is 16.7 Å². The molecule has 4 heterocycles. The Bertz CT molecular complexity index is 1460. The number of hydrogen-bond donors (Lipinski definition) is 1. The van der Waals surface area contributed by atoms with Crippen molar-refractivity contribution < 1.29 is 19.4 Å². The van der Waals surface area contributed by atoms with Gasteiger partial charge in [0.05, 0.1) is 11.4 Å². The molecule has 2 aliphatic rings. The first-order chi connectivity index (χ1) is 19.5. The molecule has 1 aliphatic heterocycles. The summed E-state index contributed by atoms with van der Waals surface area (Å²) in [5, 5.41) is 10.2. The van der Waals surface area contributed by atoms with Crippen LogP contribution in [0.25, 0.3) is 27.3 Å². The third-order valence-electron chi connectivity index (χ3n) is 8.44. The van der Waals surface area contributed by atoms with E-state index in [0.717, 1.165) is 65.9 Å². The maximum absolute atomic E-state index is 14.0. The van der Waals surface area contributed by atoms with Crippen molar-refractivity contribution in [2.75, 3.05) is 24.7 Å². The number of fused-ring (bicyclic) bond motifs is 1. The molecular weight excluding hydrogens is 522 g/mol. The van der Waals surface area contributed by atoms with Gasteiger partial charge in [0.2, 0.25) is 5.91 Å². The highest BCUT2D eigenvalue weighted by atomic mass is 32.1.